The van der Waals surface area contributed by atoms with Crippen molar-refractivity contribution in [2.45, 2.75) is 24.3 Å². The monoisotopic (exact) mass is 134 g/mol. The molecule has 0 nitrogen and oxygen atoms in total. The second kappa shape index (κ2) is 2.78. The van der Waals surface area contributed by atoms with Crippen LogP contribution < -0.4 is 0 Å². The van der Waals surface area contributed by atoms with E-state index in [1.54, 1.807) is 0 Å². The Balaban J connectivity index is 2.54. The summed E-state index contributed by atoms with van der Waals surface area (Å²) < 4.78 is 1.01. The van der Waals surface area contributed by atoms with E-state index in [1.807, 2.05) is 0 Å². The molecule has 1 atom stereocenters. The molecule has 0 heterocycles. The Bertz CT molecular complexity index is 17.6. The number of hydrogen-bond acceptors (Lipinski definition) is 0. The van der Waals surface area contributed by atoms with Crippen LogP contribution in [0, 0.1) is 0 Å². The van der Waals surface area contributed by atoms with Gasteiger partial charge in [0.1, 0.15) is 0 Å². The van der Waals surface area contributed by atoms with E-state index in [0.29, 0.717) is 15.8 Å². The van der Waals surface area contributed by atoms with E-state index >= 15 is 0 Å². The molecule has 1 heteroatoms. The van der Waals surface area contributed by atoms with Crippen LogP contribution in [0.15, 0.2) is 0 Å². The van der Waals surface area contributed by atoms with Gasteiger partial charge in [-0.05, 0) is 0 Å². The van der Waals surface area contributed by atoms with Crippen molar-refractivity contribution in [3.05, 3.63) is 0 Å². The fraction of sp³-hybridized carbons (Fsp3) is 1.00. The molecule has 0 bridgehead atoms. The SMILES string of the molecule is C[AsH]C(C)C. The molecule has 0 amide bonds. The van der Waals surface area contributed by atoms with Gasteiger partial charge in [0.15, 0.2) is 0 Å². The Labute approximate surface area is 40.6 Å². The molecule has 0 aliphatic carbocycles. The summed E-state index contributed by atoms with van der Waals surface area (Å²) in [5, 5.41) is 0. The molecule has 1 unspecified atom stereocenters. The van der Waals surface area contributed by atoms with Gasteiger partial charge in [-0.3, -0.25) is 0 Å². The van der Waals surface area contributed by atoms with Crippen LogP contribution in [0.3, 0.4) is 0 Å². The molecule has 0 aromatic heterocycles. The van der Waals surface area contributed by atoms with Gasteiger partial charge in [0.2, 0.25) is 0 Å². The summed E-state index contributed by atoms with van der Waals surface area (Å²) in [4.78, 5) is 0. The van der Waals surface area contributed by atoms with E-state index in [2.05, 4.69) is 19.6 Å². The second-order valence-electron chi connectivity index (χ2n) is 1.44. The molecule has 0 N–H and O–H groups in total. The van der Waals surface area contributed by atoms with Crippen molar-refractivity contribution >= 4 is 15.8 Å². The summed E-state index contributed by atoms with van der Waals surface area (Å²) in [7, 11) is 0. The Hall–Kier alpha value is 0.558. The van der Waals surface area contributed by atoms with Crippen LogP contribution >= 0.6 is 0 Å². The Kier molecular flexibility index (Phi) is 3.09. The van der Waals surface area contributed by atoms with Crippen LogP contribution in [0.2, 0.25) is 10.4 Å². The van der Waals surface area contributed by atoms with Crippen LogP contribution in [-0.4, -0.2) is 15.8 Å². The van der Waals surface area contributed by atoms with Crippen molar-refractivity contribution in [3.8, 4) is 0 Å². The Morgan fingerprint density at radius 1 is 1.40 bits per heavy atom. The van der Waals surface area contributed by atoms with Crippen molar-refractivity contribution < 1.29 is 0 Å². The molecule has 0 fully saturated rings. The van der Waals surface area contributed by atoms with Crippen LogP contribution in [0.25, 0.3) is 0 Å². The summed E-state index contributed by atoms with van der Waals surface area (Å²) >= 11 is 0.444. The van der Waals surface area contributed by atoms with Crippen LogP contribution in [0.5, 0.6) is 0 Å². The average Bonchev–Trinajstić information content (AvgIpc) is 1.38. The third kappa shape index (κ3) is 4.56. The quantitative estimate of drug-likeness (QED) is 0.474. The normalized spacial score (nSPS) is 12.0. The average molecular weight is 134 g/mol. The molecule has 0 aliphatic heterocycles. The predicted molar refractivity (Wildman–Crippen MR) is 28.1 cm³/mol. The van der Waals surface area contributed by atoms with Gasteiger partial charge in [-0.25, -0.2) is 0 Å². The number of hydrogen-bond donors (Lipinski definition) is 0. The Morgan fingerprint density at radius 3 is 1.60 bits per heavy atom. The zero-order valence-corrected chi connectivity index (χ0v) is 6.18. The maximum atomic E-state index is 2.32. The standard InChI is InChI=1S/C4H11As/c1-4(2)5-3/h4-5H,1-3H3. The Morgan fingerprint density at radius 2 is 1.60 bits per heavy atom. The molecule has 0 saturated heterocycles. The third-order valence-corrected chi connectivity index (χ3v) is 3.00. The first kappa shape index (κ1) is 5.56. The fourth-order valence-corrected chi connectivity index (χ4v) is 0. The van der Waals surface area contributed by atoms with Gasteiger partial charge >= 0.3 is 40.0 Å². The molecule has 0 aliphatic rings. The molecule has 0 radical (unpaired) electrons. The summed E-state index contributed by atoms with van der Waals surface area (Å²) in [5.74, 6) is 0. The fourth-order valence-electron chi connectivity index (χ4n) is 0. The first-order valence-corrected chi connectivity index (χ1v) is 5.25. The van der Waals surface area contributed by atoms with Crippen molar-refractivity contribution in [2.75, 3.05) is 0 Å². The zero-order chi connectivity index (χ0) is 4.28. The van der Waals surface area contributed by atoms with Gasteiger partial charge in [-0.15, -0.1) is 0 Å². The van der Waals surface area contributed by atoms with Gasteiger partial charge in [0.25, 0.3) is 0 Å². The topological polar surface area (TPSA) is 0 Å². The first-order valence-electron chi connectivity index (χ1n) is 1.94. The van der Waals surface area contributed by atoms with E-state index < -0.39 is 0 Å². The van der Waals surface area contributed by atoms with Crippen molar-refractivity contribution in [2.24, 2.45) is 0 Å². The summed E-state index contributed by atoms with van der Waals surface area (Å²) in [5.41, 5.74) is 2.32. The molecular weight excluding hydrogens is 123 g/mol. The summed E-state index contributed by atoms with van der Waals surface area (Å²) in [6.07, 6.45) is 0. The summed E-state index contributed by atoms with van der Waals surface area (Å²) in [6, 6.07) is 0. The van der Waals surface area contributed by atoms with Gasteiger partial charge in [-0.2, -0.15) is 0 Å². The minimum atomic E-state index is 0.444. The van der Waals surface area contributed by atoms with E-state index in [0.717, 1.165) is 4.71 Å². The van der Waals surface area contributed by atoms with Crippen LogP contribution in [0.4, 0.5) is 0 Å². The predicted octanol–water partition coefficient (Wildman–Crippen LogP) is 1.30. The molecule has 0 aromatic rings. The van der Waals surface area contributed by atoms with Gasteiger partial charge in [0.05, 0.1) is 0 Å². The van der Waals surface area contributed by atoms with Gasteiger partial charge < -0.3 is 0 Å². The van der Waals surface area contributed by atoms with Gasteiger partial charge in [-0.1, -0.05) is 0 Å². The maximum absolute atomic E-state index is 2.32. The molecule has 0 aromatic carbocycles. The van der Waals surface area contributed by atoms with Crippen LogP contribution in [-0.2, 0) is 0 Å². The molecule has 0 saturated carbocycles. The van der Waals surface area contributed by atoms with Crippen molar-refractivity contribution in [1.82, 2.24) is 0 Å². The number of rotatable bonds is 1. The molecule has 32 valence electrons. The van der Waals surface area contributed by atoms with E-state index in [4.69, 9.17) is 0 Å². The van der Waals surface area contributed by atoms with Gasteiger partial charge in [0, 0.05) is 0 Å². The molecule has 0 rings (SSSR count). The minimum absolute atomic E-state index is 0.444. The third-order valence-electron chi connectivity index (χ3n) is 0.577. The van der Waals surface area contributed by atoms with E-state index in [9.17, 15) is 0 Å². The molecule has 0 spiro atoms. The van der Waals surface area contributed by atoms with E-state index in [-0.39, 0.29) is 0 Å². The molecule has 5 heavy (non-hydrogen) atoms. The first-order chi connectivity index (χ1) is 2.27. The van der Waals surface area contributed by atoms with Crippen LogP contribution in [0.1, 0.15) is 13.8 Å². The summed E-state index contributed by atoms with van der Waals surface area (Å²) in [6.45, 7) is 4.56. The van der Waals surface area contributed by atoms with Crippen molar-refractivity contribution in [1.29, 1.82) is 0 Å². The van der Waals surface area contributed by atoms with E-state index in [1.165, 1.54) is 0 Å². The zero-order valence-electron chi connectivity index (χ0n) is 4.08. The molecular formula is C4H11As. The van der Waals surface area contributed by atoms with Crippen molar-refractivity contribution in [3.63, 3.8) is 0 Å². The second-order valence-corrected chi connectivity index (χ2v) is 5.08.